The summed E-state index contributed by atoms with van der Waals surface area (Å²) in [6.07, 6.45) is 1.20. The van der Waals surface area contributed by atoms with E-state index >= 15 is 0 Å². The SMILES string of the molecule is CS(=O)(=O)CCSCc1oc2ccccc2c1C(=O)NN. The number of amides is 1. The van der Waals surface area contributed by atoms with Gasteiger partial charge in [0.15, 0.2) is 0 Å². The Morgan fingerprint density at radius 2 is 2.10 bits per heavy atom. The van der Waals surface area contributed by atoms with Gasteiger partial charge in [-0.2, -0.15) is 11.8 Å². The van der Waals surface area contributed by atoms with Crippen molar-refractivity contribution in [3.05, 3.63) is 35.6 Å². The van der Waals surface area contributed by atoms with Crippen LogP contribution in [0.1, 0.15) is 16.1 Å². The van der Waals surface area contributed by atoms with Crippen molar-refractivity contribution in [3.63, 3.8) is 0 Å². The molecule has 1 aromatic heterocycles. The van der Waals surface area contributed by atoms with Crippen LogP contribution >= 0.6 is 11.8 Å². The highest BCUT2D eigenvalue weighted by molar-refractivity contribution is 7.99. The van der Waals surface area contributed by atoms with Gasteiger partial charge in [0.2, 0.25) is 0 Å². The van der Waals surface area contributed by atoms with E-state index in [2.05, 4.69) is 5.43 Å². The molecule has 21 heavy (non-hydrogen) atoms. The topological polar surface area (TPSA) is 102 Å². The number of rotatable bonds is 6. The molecule has 0 unspecified atom stereocenters. The fraction of sp³-hybridized carbons (Fsp3) is 0.308. The number of thioether (sulfide) groups is 1. The van der Waals surface area contributed by atoms with Crippen molar-refractivity contribution in [2.24, 2.45) is 5.84 Å². The lowest BCUT2D eigenvalue weighted by molar-refractivity contribution is 0.0953. The van der Waals surface area contributed by atoms with Crippen molar-refractivity contribution in [2.75, 3.05) is 17.8 Å². The maximum Gasteiger partial charge on any atom is 0.269 e. The first-order chi connectivity index (χ1) is 9.92. The molecule has 0 aliphatic rings. The first-order valence-electron chi connectivity index (χ1n) is 6.19. The monoisotopic (exact) mass is 328 g/mol. The molecular weight excluding hydrogens is 312 g/mol. The minimum atomic E-state index is -2.99. The zero-order chi connectivity index (χ0) is 15.5. The Bertz CT molecular complexity index is 753. The first kappa shape index (κ1) is 15.9. The number of nitrogens with two attached hydrogens (primary N) is 1. The number of hydrogen-bond donors (Lipinski definition) is 2. The van der Waals surface area contributed by atoms with Gasteiger partial charge in [-0.15, -0.1) is 0 Å². The van der Waals surface area contributed by atoms with E-state index in [1.165, 1.54) is 18.0 Å². The number of nitrogen functional groups attached to an aromatic ring is 1. The number of hydrogen-bond acceptors (Lipinski definition) is 6. The summed E-state index contributed by atoms with van der Waals surface area (Å²) in [6, 6.07) is 7.18. The van der Waals surface area contributed by atoms with Crippen LogP contribution in [-0.2, 0) is 15.6 Å². The average molecular weight is 328 g/mol. The minimum absolute atomic E-state index is 0.0936. The summed E-state index contributed by atoms with van der Waals surface area (Å²) in [6.45, 7) is 0. The van der Waals surface area contributed by atoms with Crippen molar-refractivity contribution >= 4 is 38.5 Å². The van der Waals surface area contributed by atoms with Gasteiger partial charge in [0.1, 0.15) is 21.2 Å². The molecule has 0 fully saturated rings. The second kappa shape index (κ2) is 6.50. The van der Waals surface area contributed by atoms with Crippen molar-refractivity contribution in [2.45, 2.75) is 5.75 Å². The summed E-state index contributed by atoms with van der Waals surface area (Å²) >= 11 is 1.40. The van der Waals surface area contributed by atoms with Crippen molar-refractivity contribution in [1.29, 1.82) is 0 Å². The van der Waals surface area contributed by atoms with Gasteiger partial charge in [0, 0.05) is 17.4 Å². The normalized spacial score (nSPS) is 11.7. The third kappa shape index (κ3) is 3.99. The lowest BCUT2D eigenvalue weighted by Gasteiger charge is -2.02. The second-order valence-corrected chi connectivity index (χ2v) is 7.92. The number of furan rings is 1. The van der Waals surface area contributed by atoms with E-state index in [0.717, 1.165) is 0 Å². The summed E-state index contributed by atoms with van der Waals surface area (Å²) in [5.41, 5.74) is 3.12. The van der Waals surface area contributed by atoms with E-state index in [0.29, 0.717) is 33.8 Å². The van der Waals surface area contributed by atoms with E-state index in [9.17, 15) is 13.2 Å². The summed E-state index contributed by atoms with van der Waals surface area (Å²) < 4.78 is 27.8. The molecule has 0 saturated heterocycles. The Morgan fingerprint density at radius 1 is 1.38 bits per heavy atom. The number of carbonyl (C=O) groups is 1. The molecule has 0 bridgehead atoms. The maximum atomic E-state index is 11.9. The van der Waals surface area contributed by atoms with Gasteiger partial charge >= 0.3 is 0 Å². The van der Waals surface area contributed by atoms with E-state index in [1.807, 2.05) is 12.1 Å². The number of sulfone groups is 1. The van der Waals surface area contributed by atoms with Crippen LogP contribution in [0.15, 0.2) is 28.7 Å². The van der Waals surface area contributed by atoms with Gasteiger partial charge < -0.3 is 4.42 Å². The van der Waals surface area contributed by atoms with Crippen LogP contribution in [0.4, 0.5) is 0 Å². The number of benzene rings is 1. The van der Waals surface area contributed by atoms with E-state index in [1.54, 1.807) is 12.1 Å². The van der Waals surface area contributed by atoms with Crippen molar-refractivity contribution in [1.82, 2.24) is 5.43 Å². The smallest absolute Gasteiger partial charge is 0.269 e. The van der Waals surface area contributed by atoms with Crippen LogP contribution in [0.25, 0.3) is 11.0 Å². The molecule has 2 rings (SSSR count). The number of fused-ring (bicyclic) bond motifs is 1. The molecule has 1 aromatic carbocycles. The van der Waals surface area contributed by atoms with Crippen molar-refractivity contribution in [3.8, 4) is 0 Å². The molecule has 1 heterocycles. The third-order valence-electron chi connectivity index (χ3n) is 2.86. The predicted octanol–water partition coefficient (Wildman–Crippen LogP) is 1.31. The molecule has 114 valence electrons. The molecule has 0 spiro atoms. The van der Waals surface area contributed by atoms with Crippen LogP contribution < -0.4 is 11.3 Å². The van der Waals surface area contributed by atoms with Crippen LogP contribution in [0.3, 0.4) is 0 Å². The zero-order valence-electron chi connectivity index (χ0n) is 11.5. The summed E-state index contributed by atoms with van der Waals surface area (Å²) in [7, 11) is -2.99. The van der Waals surface area contributed by atoms with E-state index in [4.69, 9.17) is 10.3 Å². The molecule has 1 amide bonds. The van der Waals surface area contributed by atoms with E-state index < -0.39 is 15.7 Å². The molecule has 0 aliphatic heterocycles. The molecular formula is C13H16N2O4S2. The fourth-order valence-corrected chi connectivity index (χ4v) is 4.11. The molecule has 0 saturated carbocycles. The van der Waals surface area contributed by atoms with Gasteiger partial charge in [0.25, 0.3) is 5.91 Å². The minimum Gasteiger partial charge on any atom is -0.459 e. The van der Waals surface area contributed by atoms with Gasteiger partial charge in [-0.05, 0) is 6.07 Å². The lowest BCUT2D eigenvalue weighted by atomic mass is 10.1. The number of para-hydroxylation sites is 1. The molecule has 0 radical (unpaired) electrons. The number of nitrogens with one attached hydrogen (secondary N) is 1. The van der Waals surface area contributed by atoms with Gasteiger partial charge in [-0.1, -0.05) is 18.2 Å². The molecule has 6 nitrogen and oxygen atoms in total. The maximum absolute atomic E-state index is 11.9. The Morgan fingerprint density at radius 3 is 2.76 bits per heavy atom. The largest absolute Gasteiger partial charge is 0.459 e. The van der Waals surface area contributed by atoms with Crippen LogP contribution in [-0.4, -0.2) is 32.1 Å². The molecule has 8 heteroatoms. The molecule has 0 atom stereocenters. The summed E-state index contributed by atoms with van der Waals surface area (Å²) in [4.78, 5) is 11.9. The Kier molecular flexibility index (Phi) is 4.92. The summed E-state index contributed by atoms with van der Waals surface area (Å²) in [5, 5.41) is 0.694. The first-order valence-corrected chi connectivity index (χ1v) is 9.40. The van der Waals surface area contributed by atoms with Crippen LogP contribution in [0.5, 0.6) is 0 Å². The Labute approximate surface area is 127 Å². The van der Waals surface area contributed by atoms with Gasteiger partial charge in [-0.25, -0.2) is 14.3 Å². The number of carbonyl (C=O) groups excluding carboxylic acids is 1. The molecule has 3 N–H and O–H groups in total. The quantitative estimate of drug-likeness (QED) is 0.359. The lowest BCUT2D eigenvalue weighted by Crippen LogP contribution is -2.30. The fourth-order valence-electron chi connectivity index (χ4n) is 1.89. The predicted molar refractivity (Wildman–Crippen MR) is 83.7 cm³/mol. The Hall–Kier alpha value is -1.51. The molecule has 2 aromatic rings. The van der Waals surface area contributed by atoms with E-state index in [-0.39, 0.29) is 5.75 Å². The average Bonchev–Trinajstić information content (AvgIpc) is 2.80. The van der Waals surface area contributed by atoms with Gasteiger partial charge in [-0.3, -0.25) is 10.2 Å². The summed E-state index contributed by atoms with van der Waals surface area (Å²) in [5.74, 6) is 6.23. The zero-order valence-corrected chi connectivity index (χ0v) is 13.1. The Balaban J connectivity index is 2.20. The number of hydrazine groups is 1. The van der Waals surface area contributed by atoms with Crippen molar-refractivity contribution < 1.29 is 17.6 Å². The second-order valence-electron chi connectivity index (χ2n) is 4.55. The molecule has 0 aliphatic carbocycles. The standard InChI is InChI=1S/C13H16N2O4S2/c1-21(17,18)7-6-20-8-11-12(13(16)15-14)9-4-2-3-5-10(9)19-11/h2-5H,6-8,14H2,1H3,(H,15,16). The van der Waals surface area contributed by atoms with Crippen LogP contribution in [0, 0.1) is 0 Å². The third-order valence-corrected chi connectivity index (χ3v) is 5.02. The highest BCUT2D eigenvalue weighted by Gasteiger charge is 2.19. The highest BCUT2D eigenvalue weighted by atomic mass is 32.2. The van der Waals surface area contributed by atoms with Gasteiger partial charge in [0.05, 0.1) is 17.1 Å². The highest BCUT2D eigenvalue weighted by Crippen LogP contribution is 2.28. The van der Waals surface area contributed by atoms with Crippen LogP contribution in [0.2, 0.25) is 0 Å².